The van der Waals surface area contributed by atoms with Gasteiger partial charge in [-0.3, -0.25) is 4.98 Å². The number of pyridine rings is 1. The van der Waals surface area contributed by atoms with Gasteiger partial charge in [-0.1, -0.05) is 6.07 Å². The van der Waals surface area contributed by atoms with Crippen molar-refractivity contribution in [3.63, 3.8) is 0 Å². The minimum absolute atomic E-state index is 0.536. The average molecular weight is 257 g/mol. The van der Waals surface area contributed by atoms with E-state index in [4.69, 9.17) is 5.73 Å². The van der Waals surface area contributed by atoms with Gasteiger partial charge in [-0.25, -0.2) is 0 Å². The lowest BCUT2D eigenvalue weighted by molar-refractivity contribution is 0.0351. The van der Waals surface area contributed by atoms with Gasteiger partial charge in [0.15, 0.2) is 0 Å². The molecule has 2 heterocycles. The number of aliphatic hydroxyl groups is 1. The molecule has 1 aliphatic heterocycles. The van der Waals surface area contributed by atoms with Crippen LogP contribution in [-0.4, -0.2) is 28.8 Å². The Morgan fingerprint density at radius 3 is 2.74 bits per heavy atom. The van der Waals surface area contributed by atoms with Crippen molar-refractivity contribution in [3.05, 3.63) is 30.6 Å². The molecule has 0 spiro atoms. The lowest BCUT2D eigenvalue weighted by Crippen LogP contribution is -2.42. The zero-order chi connectivity index (χ0) is 13.5. The topological polar surface area (TPSA) is 62.4 Å². The molecule has 3 rings (SSSR count). The normalized spacial score (nSPS) is 18.7. The number of rotatable bonds is 1. The molecule has 3 N–H and O–H groups in total. The van der Waals surface area contributed by atoms with Gasteiger partial charge in [-0.05, 0) is 31.9 Å². The summed E-state index contributed by atoms with van der Waals surface area (Å²) < 4.78 is 0. The van der Waals surface area contributed by atoms with Crippen molar-refractivity contribution >= 4 is 22.1 Å². The van der Waals surface area contributed by atoms with Crippen LogP contribution in [-0.2, 0) is 0 Å². The maximum absolute atomic E-state index is 10.0. The first kappa shape index (κ1) is 12.2. The van der Waals surface area contributed by atoms with Crippen LogP contribution >= 0.6 is 0 Å². The summed E-state index contributed by atoms with van der Waals surface area (Å²) in [5.74, 6) is 0. The lowest BCUT2D eigenvalue weighted by atomic mass is 9.93. The van der Waals surface area contributed by atoms with Gasteiger partial charge < -0.3 is 15.7 Å². The molecule has 0 bridgehead atoms. The highest BCUT2D eigenvalue weighted by atomic mass is 16.3. The quantitative estimate of drug-likeness (QED) is 0.769. The molecule has 0 saturated carbocycles. The standard InChI is InChI=1S/C15H19N3O/c1-15(19)5-8-18(9-6-15)13-3-2-11-10-17-7-4-12(11)14(13)16/h2-4,7,10,19H,5-6,8-9,16H2,1H3. The average Bonchev–Trinajstić information content (AvgIpc) is 2.40. The summed E-state index contributed by atoms with van der Waals surface area (Å²) in [6.07, 6.45) is 5.15. The third-order valence-electron chi connectivity index (χ3n) is 4.02. The molecule has 0 atom stereocenters. The Balaban J connectivity index is 1.96. The molecule has 1 aromatic heterocycles. The monoisotopic (exact) mass is 257 g/mol. The Morgan fingerprint density at radius 2 is 2.00 bits per heavy atom. The van der Waals surface area contributed by atoms with Gasteiger partial charge >= 0.3 is 0 Å². The SMILES string of the molecule is CC1(O)CCN(c2ccc3cnccc3c2N)CC1. The largest absolute Gasteiger partial charge is 0.397 e. The molecule has 2 aromatic rings. The smallest absolute Gasteiger partial charge is 0.0653 e. The van der Waals surface area contributed by atoms with Crippen LogP contribution < -0.4 is 10.6 Å². The van der Waals surface area contributed by atoms with Crippen LogP contribution in [0.3, 0.4) is 0 Å². The van der Waals surface area contributed by atoms with Crippen molar-refractivity contribution in [2.75, 3.05) is 23.7 Å². The first-order chi connectivity index (χ1) is 9.07. The summed E-state index contributed by atoms with van der Waals surface area (Å²) in [5, 5.41) is 12.1. The van der Waals surface area contributed by atoms with E-state index in [-0.39, 0.29) is 0 Å². The fourth-order valence-corrected chi connectivity index (χ4v) is 2.69. The molecule has 4 nitrogen and oxygen atoms in total. The van der Waals surface area contributed by atoms with Gasteiger partial charge in [0.1, 0.15) is 0 Å². The number of anilines is 2. The molecule has 19 heavy (non-hydrogen) atoms. The summed E-state index contributed by atoms with van der Waals surface area (Å²) >= 11 is 0. The van der Waals surface area contributed by atoms with Crippen molar-refractivity contribution in [2.45, 2.75) is 25.4 Å². The van der Waals surface area contributed by atoms with E-state index in [1.807, 2.05) is 19.2 Å². The molecule has 1 saturated heterocycles. The highest BCUT2D eigenvalue weighted by Crippen LogP contribution is 2.34. The van der Waals surface area contributed by atoms with Gasteiger partial charge in [0.05, 0.1) is 17.0 Å². The highest BCUT2D eigenvalue weighted by molar-refractivity contribution is 5.98. The van der Waals surface area contributed by atoms with Crippen LogP contribution in [0.4, 0.5) is 11.4 Å². The Bertz CT molecular complexity index is 599. The molecule has 1 aliphatic rings. The second kappa shape index (κ2) is 4.38. The summed E-state index contributed by atoms with van der Waals surface area (Å²) in [4.78, 5) is 6.37. The summed E-state index contributed by atoms with van der Waals surface area (Å²) in [7, 11) is 0. The number of aromatic nitrogens is 1. The van der Waals surface area contributed by atoms with E-state index >= 15 is 0 Å². The summed E-state index contributed by atoms with van der Waals surface area (Å²) in [6, 6.07) is 6.06. The molecular formula is C15H19N3O. The van der Waals surface area contributed by atoms with Crippen molar-refractivity contribution in [1.29, 1.82) is 0 Å². The van der Waals surface area contributed by atoms with Gasteiger partial charge in [0.25, 0.3) is 0 Å². The zero-order valence-electron chi connectivity index (χ0n) is 11.1. The number of fused-ring (bicyclic) bond motifs is 1. The zero-order valence-corrected chi connectivity index (χ0v) is 11.1. The van der Waals surface area contributed by atoms with E-state index in [1.165, 1.54) is 0 Å². The molecule has 100 valence electrons. The molecule has 0 aliphatic carbocycles. The number of nitrogens with two attached hydrogens (primary N) is 1. The highest BCUT2D eigenvalue weighted by Gasteiger charge is 2.28. The second-order valence-corrected chi connectivity index (χ2v) is 5.58. The van der Waals surface area contributed by atoms with Gasteiger partial charge in [0.2, 0.25) is 0 Å². The molecule has 0 radical (unpaired) electrons. The molecule has 4 heteroatoms. The number of hydrogen-bond donors (Lipinski definition) is 2. The maximum atomic E-state index is 10.0. The third kappa shape index (κ3) is 2.24. The molecular weight excluding hydrogens is 238 g/mol. The molecule has 1 aromatic carbocycles. The first-order valence-corrected chi connectivity index (χ1v) is 6.66. The van der Waals surface area contributed by atoms with Crippen molar-refractivity contribution in [1.82, 2.24) is 4.98 Å². The Labute approximate surface area is 112 Å². The second-order valence-electron chi connectivity index (χ2n) is 5.58. The van der Waals surface area contributed by atoms with E-state index in [0.29, 0.717) is 0 Å². The molecule has 0 unspecified atom stereocenters. The minimum Gasteiger partial charge on any atom is -0.397 e. The van der Waals surface area contributed by atoms with Gasteiger partial charge in [-0.15, -0.1) is 0 Å². The number of nitrogen functional groups attached to an aromatic ring is 1. The van der Waals surface area contributed by atoms with Gasteiger partial charge in [-0.2, -0.15) is 0 Å². The number of hydrogen-bond acceptors (Lipinski definition) is 4. The van der Waals surface area contributed by atoms with Crippen LogP contribution in [0.1, 0.15) is 19.8 Å². The van der Waals surface area contributed by atoms with E-state index < -0.39 is 5.60 Å². The lowest BCUT2D eigenvalue weighted by Gasteiger charge is -2.37. The molecule has 1 fully saturated rings. The molecule has 0 amide bonds. The van der Waals surface area contributed by atoms with E-state index in [2.05, 4.69) is 22.0 Å². The van der Waals surface area contributed by atoms with Crippen LogP contribution in [0.2, 0.25) is 0 Å². The first-order valence-electron chi connectivity index (χ1n) is 6.66. The van der Waals surface area contributed by atoms with Crippen LogP contribution in [0, 0.1) is 0 Å². The summed E-state index contributed by atoms with van der Waals surface area (Å²) in [5.41, 5.74) is 7.62. The van der Waals surface area contributed by atoms with E-state index in [0.717, 1.165) is 48.1 Å². The van der Waals surface area contributed by atoms with Crippen LogP contribution in [0.25, 0.3) is 10.8 Å². The number of piperidine rings is 1. The Hall–Kier alpha value is -1.81. The van der Waals surface area contributed by atoms with Crippen LogP contribution in [0.5, 0.6) is 0 Å². The Kier molecular flexibility index (Phi) is 2.82. The van der Waals surface area contributed by atoms with Crippen molar-refractivity contribution in [3.8, 4) is 0 Å². The van der Waals surface area contributed by atoms with Crippen molar-refractivity contribution in [2.24, 2.45) is 0 Å². The van der Waals surface area contributed by atoms with E-state index in [9.17, 15) is 5.11 Å². The van der Waals surface area contributed by atoms with Gasteiger partial charge in [0, 0.05) is 36.3 Å². The fourth-order valence-electron chi connectivity index (χ4n) is 2.69. The predicted octanol–water partition coefficient (Wildman–Crippen LogP) is 2.17. The van der Waals surface area contributed by atoms with Crippen molar-refractivity contribution < 1.29 is 5.11 Å². The maximum Gasteiger partial charge on any atom is 0.0653 e. The number of nitrogens with zero attached hydrogens (tertiary/aromatic N) is 2. The third-order valence-corrected chi connectivity index (χ3v) is 4.02. The van der Waals surface area contributed by atoms with E-state index in [1.54, 1.807) is 6.20 Å². The Morgan fingerprint density at radius 1 is 1.26 bits per heavy atom. The van der Waals surface area contributed by atoms with Crippen LogP contribution in [0.15, 0.2) is 30.6 Å². The summed E-state index contributed by atoms with van der Waals surface area (Å²) in [6.45, 7) is 3.58. The fraction of sp³-hybridized carbons (Fsp3) is 0.400. The minimum atomic E-state index is -0.536. The predicted molar refractivity (Wildman–Crippen MR) is 78.2 cm³/mol. The number of benzene rings is 1.